The summed E-state index contributed by atoms with van der Waals surface area (Å²) in [6.45, 7) is 2.93. The highest BCUT2D eigenvalue weighted by Crippen LogP contribution is 2.29. The van der Waals surface area contributed by atoms with Crippen LogP contribution in [-0.2, 0) is 19.4 Å². The number of benzene rings is 2. The maximum absolute atomic E-state index is 12.8. The minimum atomic E-state index is -4.11. The lowest BCUT2D eigenvalue weighted by atomic mass is 10.1. The second-order valence-corrected chi connectivity index (χ2v) is 9.13. The third-order valence-corrected chi connectivity index (χ3v) is 6.71. The number of sulfone groups is 1. The van der Waals surface area contributed by atoms with Crippen molar-refractivity contribution in [2.75, 3.05) is 30.6 Å². The van der Waals surface area contributed by atoms with E-state index in [1.807, 2.05) is 0 Å². The van der Waals surface area contributed by atoms with Gasteiger partial charge in [-0.2, -0.15) is 0 Å². The van der Waals surface area contributed by atoms with Crippen LogP contribution in [0.1, 0.15) is 30.6 Å². The first-order valence-electron chi connectivity index (χ1n) is 9.76. The fraction of sp³-hybridized carbons (Fsp3) is 0.318. The van der Waals surface area contributed by atoms with Gasteiger partial charge < -0.3 is 20.1 Å². The van der Waals surface area contributed by atoms with Gasteiger partial charge >= 0.3 is 0 Å². The van der Waals surface area contributed by atoms with Crippen molar-refractivity contribution in [3.8, 4) is 11.5 Å². The molecule has 1 unspecified atom stereocenters. The molecular formula is C22H26N2O7S. The van der Waals surface area contributed by atoms with Gasteiger partial charge in [0.05, 0.1) is 14.2 Å². The second kappa shape index (κ2) is 10.8. The minimum Gasteiger partial charge on any atom is -0.493 e. The SMILES string of the molecule is CCC(C(=O)Nc1cccc(C(C)=O)c1)S(=O)(=O)CC(=O)Nc1ccc(OC)c(OC)c1. The Hall–Kier alpha value is -3.40. The summed E-state index contributed by atoms with van der Waals surface area (Å²) >= 11 is 0. The van der Waals surface area contributed by atoms with Crippen LogP contribution in [0.2, 0.25) is 0 Å². The predicted octanol–water partition coefficient (Wildman–Crippen LogP) is 2.68. The van der Waals surface area contributed by atoms with Crippen LogP contribution >= 0.6 is 0 Å². The molecule has 2 aromatic carbocycles. The number of rotatable bonds is 10. The van der Waals surface area contributed by atoms with Gasteiger partial charge in [0, 0.05) is 23.0 Å². The summed E-state index contributed by atoms with van der Waals surface area (Å²) < 4.78 is 35.8. The van der Waals surface area contributed by atoms with Crippen molar-refractivity contribution in [1.82, 2.24) is 0 Å². The number of ether oxygens (including phenoxy) is 2. The molecule has 0 fully saturated rings. The molecule has 1 atom stereocenters. The zero-order chi connectivity index (χ0) is 23.9. The number of methoxy groups -OCH3 is 2. The van der Waals surface area contributed by atoms with Gasteiger partial charge in [0.2, 0.25) is 11.8 Å². The summed E-state index contributed by atoms with van der Waals surface area (Å²) in [5.74, 6) is -1.80. The van der Waals surface area contributed by atoms with Gasteiger partial charge in [-0.15, -0.1) is 0 Å². The number of hydrogen-bond donors (Lipinski definition) is 2. The van der Waals surface area contributed by atoms with Crippen LogP contribution in [-0.4, -0.2) is 51.2 Å². The quantitative estimate of drug-likeness (QED) is 0.520. The van der Waals surface area contributed by atoms with E-state index in [4.69, 9.17) is 9.47 Å². The van der Waals surface area contributed by atoms with Crippen LogP contribution in [0.25, 0.3) is 0 Å². The number of Topliss-reactive ketones (excluding diaryl/α,β-unsaturated/α-hetero) is 1. The molecule has 0 aliphatic carbocycles. The van der Waals surface area contributed by atoms with E-state index in [0.717, 1.165) is 0 Å². The molecule has 2 rings (SSSR count). The standard InChI is InChI=1S/C22H26N2O7S/c1-5-20(22(27)24-16-8-6-7-15(11-16)14(2)25)32(28,29)13-21(26)23-17-9-10-18(30-3)19(12-17)31-4/h6-12,20H,5,13H2,1-4H3,(H,23,26)(H,24,27). The number of carbonyl (C=O) groups excluding carboxylic acids is 3. The molecule has 0 radical (unpaired) electrons. The first-order chi connectivity index (χ1) is 15.1. The summed E-state index contributed by atoms with van der Waals surface area (Å²) in [5.41, 5.74) is 1.00. The molecule has 0 aliphatic heterocycles. The highest BCUT2D eigenvalue weighted by molar-refractivity contribution is 7.93. The highest BCUT2D eigenvalue weighted by Gasteiger charge is 2.33. The number of amides is 2. The van der Waals surface area contributed by atoms with E-state index in [0.29, 0.717) is 28.4 Å². The molecule has 2 aromatic rings. The van der Waals surface area contributed by atoms with Crippen LogP contribution < -0.4 is 20.1 Å². The summed E-state index contributed by atoms with van der Waals surface area (Å²) in [7, 11) is -1.21. The highest BCUT2D eigenvalue weighted by atomic mass is 32.2. The Morgan fingerprint density at radius 2 is 1.59 bits per heavy atom. The lowest BCUT2D eigenvalue weighted by molar-refractivity contribution is -0.115. The molecule has 0 aromatic heterocycles. The minimum absolute atomic E-state index is 0.0236. The molecule has 0 spiro atoms. The molecule has 0 aliphatic rings. The van der Waals surface area contributed by atoms with Crippen molar-refractivity contribution in [2.24, 2.45) is 0 Å². The smallest absolute Gasteiger partial charge is 0.242 e. The van der Waals surface area contributed by atoms with Gasteiger partial charge in [0.1, 0.15) is 11.0 Å². The van der Waals surface area contributed by atoms with Gasteiger partial charge in [0.15, 0.2) is 27.1 Å². The molecule has 0 saturated carbocycles. The normalized spacial score (nSPS) is 11.9. The van der Waals surface area contributed by atoms with Crippen LogP contribution in [0.5, 0.6) is 11.5 Å². The average molecular weight is 463 g/mol. The summed E-state index contributed by atoms with van der Waals surface area (Å²) in [6.07, 6.45) is -0.0236. The van der Waals surface area contributed by atoms with Crippen molar-refractivity contribution >= 4 is 38.8 Å². The zero-order valence-electron chi connectivity index (χ0n) is 18.3. The molecular weight excluding hydrogens is 436 g/mol. The Kier molecular flexibility index (Phi) is 8.36. The van der Waals surface area contributed by atoms with E-state index in [2.05, 4.69) is 10.6 Å². The van der Waals surface area contributed by atoms with Gasteiger partial charge in [-0.05, 0) is 37.6 Å². The third-order valence-electron chi connectivity index (χ3n) is 4.63. The Labute approximate surface area is 187 Å². The van der Waals surface area contributed by atoms with E-state index >= 15 is 0 Å². The molecule has 0 heterocycles. The lowest BCUT2D eigenvalue weighted by Crippen LogP contribution is -2.39. The fourth-order valence-corrected chi connectivity index (χ4v) is 4.57. The van der Waals surface area contributed by atoms with Crippen molar-refractivity contribution in [3.63, 3.8) is 0 Å². The van der Waals surface area contributed by atoms with Crippen molar-refractivity contribution in [1.29, 1.82) is 0 Å². The average Bonchev–Trinajstić information content (AvgIpc) is 2.73. The molecule has 32 heavy (non-hydrogen) atoms. The van der Waals surface area contributed by atoms with E-state index in [-0.39, 0.29) is 12.2 Å². The van der Waals surface area contributed by atoms with Crippen LogP contribution in [0, 0.1) is 0 Å². The largest absolute Gasteiger partial charge is 0.493 e. The van der Waals surface area contributed by atoms with E-state index in [1.54, 1.807) is 31.2 Å². The van der Waals surface area contributed by atoms with E-state index in [1.165, 1.54) is 39.3 Å². The number of nitrogens with one attached hydrogen (secondary N) is 2. The lowest BCUT2D eigenvalue weighted by Gasteiger charge is -2.16. The topological polar surface area (TPSA) is 128 Å². The van der Waals surface area contributed by atoms with Gasteiger partial charge in [-0.3, -0.25) is 14.4 Å². The summed E-state index contributed by atoms with van der Waals surface area (Å²) in [6, 6.07) is 10.8. The maximum atomic E-state index is 12.8. The predicted molar refractivity (Wildman–Crippen MR) is 121 cm³/mol. The Morgan fingerprint density at radius 1 is 0.938 bits per heavy atom. The second-order valence-electron chi connectivity index (χ2n) is 6.95. The van der Waals surface area contributed by atoms with Crippen molar-refractivity contribution in [2.45, 2.75) is 25.5 Å². The monoisotopic (exact) mass is 462 g/mol. The number of hydrogen-bond acceptors (Lipinski definition) is 7. The zero-order valence-corrected chi connectivity index (χ0v) is 19.1. The molecule has 10 heteroatoms. The Bertz CT molecular complexity index is 1110. The molecule has 0 bridgehead atoms. The third kappa shape index (κ3) is 6.30. The number of ketones is 1. The van der Waals surface area contributed by atoms with Crippen LogP contribution in [0.3, 0.4) is 0 Å². The fourth-order valence-electron chi connectivity index (χ4n) is 3.04. The molecule has 0 saturated heterocycles. The van der Waals surface area contributed by atoms with E-state index in [9.17, 15) is 22.8 Å². The summed E-state index contributed by atoms with van der Waals surface area (Å²) in [5, 5.41) is 3.57. The first kappa shape index (κ1) is 24.9. The van der Waals surface area contributed by atoms with Gasteiger partial charge in [-0.1, -0.05) is 19.1 Å². The van der Waals surface area contributed by atoms with Gasteiger partial charge in [-0.25, -0.2) is 8.42 Å². The Morgan fingerprint density at radius 3 is 2.19 bits per heavy atom. The van der Waals surface area contributed by atoms with Crippen LogP contribution in [0.15, 0.2) is 42.5 Å². The van der Waals surface area contributed by atoms with Crippen molar-refractivity contribution < 1.29 is 32.3 Å². The number of carbonyl (C=O) groups is 3. The van der Waals surface area contributed by atoms with Crippen molar-refractivity contribution in [3.05, 3.63) is 48.0 Å². The molecule has 172 valence electrons. The summed E-state index contributed by atoms with van der Waals surface area (Å²) in [4.78, 5) is 36.5. The van der Waals surface area contributed by atoms with Crippen LogP contribution in [0.4, 0.5) is 11.4 Å². The molecule has 9 nitrogen and oxygen atoms in total. The maximum Gasteiger partial charge on any atom is 0.242 e. The molecule has 2 N–H and O–H groups in total. The number of anilines is 2. The Balaban J connectivity index is 2.11. The molecule has 2 amide bonds. The van der Waals surface area contributed by atoms with E-state index < -0.39 is 32.7 Å². The van der Waals surface area contributed by atoms with Gasteiger partial charge in [0.25, 0.3) is 0 Å². The first-order valence-corrected chi connectivity index (χ1v) is 11.5.